The summed E-state index contributed by atoms with van der Waals surface area (Å²) in [6.45, 7) is 3.40. The zero-order chi connectivity index (χ0) is 10.4. The minimum atomic E-state index is 0.238. The smallest absolute Gasteiger partial charge is 0.0638 e. The third-order valence-corrected chi connectivity index (χ3v) is 3.15. The van der Waals surface area contributed by atoms with Crippen LogP contribution in [0.4, 0.5) is 0 Å². The number of likely N-dealkylation sites (tertiary alicyclic amines) is 1. The maximum Gasteiger partial charge on any atom is 0.0638 e. The van der Waals surface area contributed by atoms with Crippen LogP contribution in [0.25, 0.3) is 0 Å². The fourth-order valence-electron chi connectivity index (χ4n) is 2.30. The molecule has 0 spiro atoms. The number of aliphatic hydroxyl groups excluding tert-OH is 1. The minimum Gasteiger partial charge on any atom is -0.395 e. The Hall–Kier alpha value is -0.590. The second kappa shape index (κ2) is 6.00. The predicted octanol–water partition coefficient (Wildman–Crippen LogP) is 1.53. The van der Waals surface area contributed by atoms with Gasteiger partial charge in [-0.2, -0.15) is 5.26 Å². The zero-order valence-electron chi connectivity index (χ0n) is 8.95. The molecule has 0 aromatic rings. The van der Waals surface area contributed by atoms with Crippen molar-refractivity contribution in [2.45, 2.75) is 51.1 Å². The number of aliphatic hydroxyl groups is 1. The van der Waals surface area contributed by atoms with Gasteiger partial charge >= 0.3 is 0 Å². The van der Waals surface area contributed by atoms with E-state index < -0.39 is 0 Å². The van der Waals surface area contributed by atoms with Crippen molar-refractivity contribution in [3.63, 3.8) is 0 Å². The first-order chi connectivity index (χ1) is 6.83. The summed E-state index contributed by atoms with van der Waals surface area (Å²) in [6.07, 6.45) is 5.10. The van der Waals surface area contributed by atoms with E-state index in [0.29, 0.717) is 18.5 Å². The summed E-state index contributed by atoms with van der Waals surface area (Å²) in [6, 6.07) is 2.88. The van der Waals surface area contributed by atoms with Gasteiger partial charge < -0.3 is 5.11 Å². The highest BCUT2D eigenvalue weighted by Crippen LogP contribution is 2.21. The van der Waals surface area contributed by atoms with Gasteiger partial charge in [0.25, 0.3) is 0 Å². The topological polar surface area (TPSA) is 47.3 Å². The van der Waals surface area contributed by atoms with Crippen molar-refractivity contribution in [2.75, 3.05) is 13.2 Å². The van der Waals surface area contributed by atoms with Crippen LogP contribution in [-0.2, 0) is 0 Å². The molecule has 0 aromatic carbocycles. The van der Waals surface area contributed by atoms with Crippen molar-refractivity contribution >= 4 is 0 Å². The molecule has 0 amide bonds. The van der Waals surface area contributed by atoms with Crippen LogP contribution >= 0.6 is 0 Å². The molecule has 1 saturated heterocycles. The highest BCUT2D eigenvalue weighted by atomic mass is 16.3. The van der Waals surface area contributed by atoms with E-state index in [4.69, 9.17) is 5.26 Å². The van der Waals surface area contributed by atoms with Crippen LogP contribution in [0, 0.1) is 11.3 Å². The first kappa shape index (κ1) is 11.5. The van der Waals surface area contributed by atoms with Gasteiger partial charge in [0, 0.05) is 12.1 Å². The lowest BCUT2D eigenvalue weighted by Crippen LogP contribution is -2.47. The van der Waals surface area contributed by atoms with Crippen molar-refractivity contribution < 1.29 is 5.11 Å². The normalized spacial score (nSPS) is 25.6. The van der Waals surface area contributed by atoms with Crippen LogP contribution in [0.5, 0.6) is 0 Å². The summed E-state index contributed by atoms with van der Waals surface area (Å²) in [4.78, 5) is 2.33. The summed E-state index contributed by atoms with van der Waals surface area (Å²) >= 11 is 0. The fourth-order valence-corrected chi connectivity index (χ4v) is 2.30. The minimum absolute atomic E-state index is 0.238. The molecule has 1 heterocycles. The van der Waals surface area contributed by atoms with Crippen molar-refractivity contribution in [3.05, 3.63) is 0 Å². The van der Waals surface area contributed by atoms with Crippen molar-refractivity contribution in [1.29, 1.82) is 5.26 Å². The molecule has 0 bridgehead atoms. The van der Waals surface area contributed by atoms with Gasteiger partial charge in [-0.25, -0.2) is 0 Å². The van der Waals surface area contributed by atoms with Gasteiger partial charge in [0.2, 0.25) is 0 Å². The van der Waals surface area contributed by atoms with E-state index in [1.54, 1.807) is 0 Å². The molecule has 0 radical (unpaired) electrons. The van der Waals surface area contributed by atoms with Gasteiger partial charge in [0.05, 0.1) is 19.1 Å². The van der Waals surface area contributed by atoms with E-state index >= 15 is 0 Å². The molecule has 14 heavy (non-hydrogen) atoms. The molecule has 0 aliphatic carbocycles. The van der Waals surface area contributed by atoms with Crippen LogP contribution in [-0.4, -0.2) is 35.2 Å². The quantitative estimate of drug-likeness (QED) is 0.741. The SMILES string of the molecule is CCC(CC#N)N1CCCCC1CO. The van der Waals surface area contributed by atoms with Crippen LogP contribution in [0.15, 0.2) is 0 Å². The number of piperidine rings is 1. The number of hydrogen-bond acceptors (Lipinski definition) is 3. The maximum absolute atomic E-state index is 9.25. The predicted molar refractivity (Wildman–Crippen MR) is 55.7 cm³/mol. The summed E-state index contributed by atoms with van der Waals surface area (Å²) < 4.78 is 0. The Balaban J connectivity index is 2.56. The summed E-state index contributed by atoms with van der Waals surface area (Å²) in [5.74, 6) is 0. The second-order valence-electron chi connectivity index (χ2n) is 3.99. The van der Waals surface area contributed by atoms with Crippen LogP contribution in [0.1, 0.15) is 39.0 Å². The zero-order valence-corrected chi connectivity index (χ0v) is 8.95. The van der Waals surface area contributed by atoms with E-state index in [2.05, 4.69) is 17.9 Å². The first-order valence-corrected chi connectivity index (χ1v) is 5.57. The van der Waals surface area contributed by atoms with Gasteiger partial charge in [-0.15, -0.1) is 0 Å². The van der Waals surface area contributed by atoms with Crippen molar-refractivity contribution in [1.82, 2.24) is 4.90 Å². The van der Waals surface area contributed by atoms with E-state index in [1.165, 1.54) is 12.8 Å². The van der Waals surface area contributed by atoms with Gasteiger partial charge in [-0.1, -0.05) is 13.3 Å². The molecule has 80 valence electrons. The molecule has 2 unspecified atom stereocenters. The highest BCUT2D eigenvalue weighted by Gasteiger charge is 2.26. The third kappa shape index (κ3) is 2.70. The Bertz CT molecular complexity index is 200. The molecule has 1 rings (SSSR count). The highest BCUT2D eigenvalue weighted by molar-refractivity contribution is 4.87. The molecule has 3 heteroatoms. The van der Waals surface area contributed by atoms with Crippen LogP contribution < -0.4 is 0 Å². The average Bonchev–Trinajstić information content (AvgIpc) is 2.26. The molecular formula is C11H20N2O. The molecular weight excluding hydrogens is 176 g/mol. The summed E-state index contributed by atoms with van der Waals surface area (Å²) in [5, 5.41) is 18.0. The first-order valence-electron chi connectivity index (χ1n) is 5.57. The number of rotatable bonds is 4. The second-order valence-corrected chi connectivity index (χ2v) is 3.99. The molecule has 1 N–H and O–H groups in total. The number of nitriles is 1. The fraction of sp³-hybridized carbons (Fsp3) is 0.909. The lowest BCUT2D eigenvalue weighted by molar-refractivity contribution is 0.0528. The largest absolute Gasteiger partial charge is 0.395 e. The average molecular weight is 196 g/mol. The van der Waals surface area contributed by atoms with Crippen LogP contribution in [0.3, 0.4) is 0 Å². The third-order valence-electron chi connectivity index (χ3n) is 3.15. The lowest BCUT2D eigenvalue weighted by atomic mass is 9.98. The molecule has 1 aliphatic rings. The van der Waals surface area contributed by atoms with Crippen molar-refractivity contribution in [2.24, 2.45) is 0 Å². The Kier molecular flexibility index (Phi) is 4.92. The Labute approximate surface area is 86.3 Å². The number of hydrogen-bond donors (Lipinski definition) is 1. The van der Waals surface area contributed by atoms with E-state index in [9.17, 15) is 5.11 Å². The monoisotopic (exact) mass is 196 g/mol. The van der Waals surface area contributed by atoms with E-state index in [1.807, 2.05) is 0 Å². The Morgan fingerprint density at radius 1 is 1.57 bits per heavy atom. The van der Waals surface area contributed by atoms with E-state index in [-0.39, 0.29) is 6.61 Å². The summed E-state index contributed by atoms with van der Waals surface area (Å²) in [7, 11) is 0. The van der Waals surface area contributed by atoms with E-state index in [0.717, 1.165) is 19.4 Å². The van der Waals surface area contributed by atoms with Gasteiger partial charge in [0.1, 0.15) is 0 Å². The molecule has 1 aliphatic heterocycles. The number of nitrogens with zero attached hydrogens (tertiary/aromatic N) is 2. The maximum atomic E-state index is 9.25. The Morgan fingerprint density at radius 2 is 2.36 bits per heavy atom. The van der Waals surface area contributed by atoms with Gasteiger partial charge in [-0.05, 0) is 25.8 Å². The van der Waals surface area contributed by atoms with Crippen molar-refractivity contribution in [3.8, 4) is 6.07 Å². The summed E-state index contributed by atoms with van der Waals surface area (Å²) in [5.41, 5.74) is 0. The molecule has 2 atom stereocenters. The molecule has 3 nitrogen and oxygen atoms in total. The standard InChI is InChI=1S/C11H20N2O/c1-2-10(6-7-12)13-8-4-3-5-11(13)9-14/h10-11,14H,2-6,8-9H2,1H3. The Morgan fingerprint density at radius 3 is 2.93 bits per heavy atom. The lowest BCUT2D eigenvalue weighted by Gasteiger charge is -2.39. The van der Waals surface area contributed by atoms with Gasteiger partial charge in [0.15, 0.2) is 0 Å². The molecule has 1 fully saturated rings. The molecule has 0 aromatic heterocycles. The van der Waals surface area contributed by atoms with Crippen LogP contribution in [0.2, 0.25) is 0 Å². The molecule has 0 saturated carbocycles. The van der Waals surface area contributed by atoms with Gasteiger partial charge in [-0.3, -0.25) is 4.90 Å².